The van der Waals surface area contributed by atoms with Crippen LogP contribution in [0.25, 0.3) is 0 Å². The van der Waals surface area contributed by atoms with Crippen LogP contribution in [0.4, 0.5) is 0 Å². The standard InChI is InChI=1S/C12H16BrNO/c1-7-5-11(15)9(6-10(7)13)12(3-4-12)8(2)14/h5-6,8,15H,3-4,14H2,1-2H3. The van der Waals surface area contributed by atoms with Gasteiger partial charge in [-0.15, -0.1) is 0 Å². The highest BCUT2D eigenvalue weighted by Crippen LogP contribution is 2.53. The van der Waals surface area contributed by atoms with Crippen LogP contribution >= 0.6 is 15.9 Å². The van der Waals surface area contributed by atoms with E-state index in [9.17, 15) is 5.11 Å². The third-order valence-corrected chi connectivity index (χ3v) is 4.33. The molecule has 1 fully saturated rings. The number of phenols is 1. The highest BCUT2D eigenvalue weighted by Gasteiger charge is 2.49. The van der Waals surface area contributed by atoms with Gasteiger partial charge < -0.3 is 10.8 Å². The number of benzene rings is 1. The molecule has 1 aliphatic rings. The first kappa shape index (κ1) is 11.0. The molecule has 3 heteroatoms. The number of phenolic OH excluding ortho intramolecular Hbond substituents is 1. The maximum Gasteiger partial charge on any atom is 0.119 e. The first-order valence-corrected chi connectivity index (χ1v) is 6.02. The summed E-state index contributed by atoms with van der Waals surface area (Å²) in [6.45, 7) is 3.99. The summed E-state index contributed by atoms with van der Waals surface area (Å²) in [4.78, 5) is 0. The van der Waals surface area contributed by atoms with Crippen molar-refractivity contribution in [3.05, 3.63) is 27.7 Å². The zero-order chi connectivity index (χ0) is 11.2. The van der Waals surface area contributed by atoms with Crippen LogP contribution in [0.2, 0.25) is 0 Å². The largest absolute Gasteiger partial charge is 0.508 e. The fourth-order valence-electron chi connectivity index (χ4n) is 2.17. The molecule has 0 saturated heterocycles. The number of halogens is 1. The number of aryl methyl sites for hydroxylation is 1. The molecule has 3 N–H and O–H groups in total. The van der Waals surface area contributed by atoms with Crippen LogP contribution in [0.1, 0.15) is 30.9 Å². The number of nitrogens with two attached hydrogens (primary N) is 1. The minimum atomic E-state index is 0.0142. The fraction of sp³-hybridized carbons (Fsp3) is 0.500. The highest BCUT2D eigenvalue weighted by molar-refractivity contribution is 9.10. The van der Waals surface area contributed by atoms with E-state index in [1.54, 1.807) is 0 Å². The van der Waals surface area contributed by atoms with Crippen molar-refractivity contribution in [2.75, 3.05) is 0 Å². The van der Waals surface area contributed by atoms with Crippen molar-refractivity contribution in [3.63, 3.8) is 0 Å². The summed E-state index contributed by atoms with van der Waals surface area (Å²) in [5, 5.41) is 9.96. The maximum atomic E-state index is 9.96. The summed E-state index contributed by atoms with van der Waals surface area (Å²) in [6, 6.07) is 3.92. The van der Waals surface area contributed by atoms with E-state index in [-0.39, 0.29) is 11.5 Å². The van der Waals surface area contributed by atoms with Gasteiger partial charge in [-0.2, -0.15) is 0 Å². The van der Waals surface area contributed by atoms with Crippen molar-refractivity contribution in [2.45, 2.75) is 38.1 Å². The molecule has 0 heterocycles. The van der Waals surface area contributed by atoms with Crippen LogP contribution < -0.4 is 5.73 Å². The molecule has 0 radical (unpaired) electrons. The number of aromatic hydroxyl groups is 1. The summed E-state index contributed by atoms with van der Waals surface area (Å²) in [5.74, 6) is 0.380. The zero-order valence-corrected chi connectivity index (χ0v) is 10.6. The second-order valence-corrected chi connectivity index (χ2v) is 5.42. The molecule has 1 aromatic carbocycles. The van der Waals surface area contributed by atoms with Gasteiger partial charge in [-0.3, -0.25) is 0 Å². The topological polar surface area (TPSA) is 46.2 Å². The van der Waals surface area contributed by atoms with E-state index in [1.165, 1.54) is 0 Å². The van der Waals surface area contributed by atoms with E-state index in [1.807, 2.05) is 26.0 Å². The molecule has 0 spiro atoms. The summed E-state index contributed by atoms with van der Waals surface area (Å²) in [5.41, 5.74) is 8.06. The summed E-state index contributed by atoms with van der Waals surface area (Å²) < 4.78 is 1.04. The van der Waals surface area contributed by atoms with Crippen molar-refractivity contribution in [3.8, 4) is 5.75 Å². The molecule has 0 aliphatic heterocycles. The summed E-state index contributed by atoms with van der Waals surface area (Å²) in [6.07, 6.45) is 2.15. The van der Waals surface area contributed by atoms with Gasteiger partial charge in [-0.05, 0) is 44.4 Å². The van der Waals surface area contributed by atoms with Gasteiger partial charge in [0.05, 0.1) is 0 Å². The van der Waals surface area contributed by atoms with Gasteiger partial charge in [0.15, 0.2) is 0 Å². The molecule has 1 atom stereocenters. The van der Waals surface area contributed by atoms with Crippen molar-refractivity contribution >= 4 is 15.9 Å². The second kappa shape index (κ2) is 3.49. The lowest BCUT2D eigenvalue weighted by atomic mass is 9.88. The normalized spacial score (nSPS) is 20.0. The van der Waals surface area contributed by atoms with Crippen molar-refractivity contribution in [2.24, 2.45) is 5.73 Å². The van der Waals surface area contributed by atoms with E-state index < -0.39 is 0 Å². The van der Waals surface area contributed by atoms with Crippen LogP contribution in [-0.2, 0) is 5.41 Å². The predicted octanol–water partition coefficient (Wildman–Crippen LogP) is 2.84. The number of rotatable bonds is 2. The Morgan fingerprint density at radius 3 is 2.53 bits per heavy atom. The maximum absolute atomic E-state index is 9.96. The Hall–Kier alpha value is -0.540. The molecule has 1 aliphatic carbocycles. The quantitative estimate of drug-likeness (QED) is 0.868. The monoisotopic (exact) mass is 269 g/mol. The Labute approximate surface area is 98.6 Å². The lowest BCUT2D eigenvalue weighted by Gasteiger charge is -2.22. The molecule has 2 nitrogen and oxygen atoms in total. The first-order chi connectivity index (χ1) is 6.97. The second-order valence-electron chi connectivity index (χ2n) is 4.56. The summed E-state index contributed by atoms with van der Waals surface area (Å²) >= 11 is 3.50. The minimum absolute atomic E-state index is 0.0142. The molecule has 0 bridgehead atoms. The van der Waals surface area contributed by atoms with Gasteiger partial charge in [0, 0.05) is 21.5 Å². The molecule has 0 aromatic heterocycles. The Morgan fingerprint density at radius 2 is 2.07 bits per heavy atom. The van der Waals surface area contributed by atoms with Crippen molar-refractivity contribution in [1.82, 2.24) is 0 Å². The predicted molar refractivity (Wildman–Crippen MR) is 65.1 cm³/mol. The van der Waals surface area contributed by atoms with E-state index in [0.29, 0.717) is 5.75 Å². The van der Waals surface area contributed by atoms with Crippen LogP contribution in [0.15, 0.2) is 16.6 Å². The fourth-order valence-corrected chi connectivity index (χ4v) is 2.51. The Kier molecular flexibility index (Phi) is 2.55. The Morgan fingerprint density at radius 1 is 1.47 bits per heavy atom. The molecule has 82 valence electrons. The number of hydrogen-bond donors (Lipinski definition) is 2. The third-order valence-electron chi connectivity index (χ3n) is 3.47. The van der Waals surface area contributed by atoms with Crippen LogP contribution in [0, 0.1) is 6.92 Å². The van der Waals surface area contributed by atoms with Gasteiger partial charge in [0.1, 0.15) is 5.75 Å². The molecular formula is C12H16BrNO. The van der Waals surface area contributed by atoms with Crippen molar-refractivity contribution in [1.29, 1.82) is 0 Å². The smallest absolute Gasteiger partial charge is 0.119 e. The molecule has 1 aromatic rings. The molecule has 1 saturated carbocycles. The van der Waals surface area contributed by atoms with Crippen molar-refractivity contribution < 1.29 is 5.11 Å². The lowest BCUT2D eigenvalue weighted by molar-refractivity contribution is 0.446. The highest BCUT2D eigenvalue weighted by atomic mass is 79.9. The average Bonchev–Trinajstić information content (AvgIpc) is 2.92. The van der Waals surface area contributed by atoms with E-state index in [4.69, 9.17) is 5.73 Å². The SMILES string of the molecule is Cc1cc(O)c(C2(C(C)N)CC2)cc1Br. The lowest BCUT2D eigenvalue weighted by Crippen LogP contribution is -2.31. The van der Waals surface area contributed by atoms with E-state index >= 15 is 0 Å². The van der Waals surface area contributed by atoms with Gasteiger partial charge in [0.2, 0.25) is 0 Å². The average molecular weight is 270 g/mol. The number of hydrogen-bond acceptors (Lipinski definition) is 2. The van der Waals surface area contributed by atoms with Gasteiger partial charge in [0.25, 0.3) is 0 Å². The molecule has 0 amide bonds. The third kappa shape index (κ3) is 1.68. The summed E-state index contributed by atoms with van der Waals surface area (Å²) in [7, 11) is 0. The van der Waals surface area contributed by atoms with E-state index in [0.717, 1.165) is 28.4 Å². The molecule has 2 rings (SSSR count). The molecule has 1 unspecified atom stereocenters. The van der Waals surface area contributed by atoms with Crippen LogP contribution in [-0.4, -0.2) is 11.1 Å². The van der Waals surface area contributed by atoms with Crippen LogP contribution in [0.3, 0.4) is 0 Å². The Bertz CT molecular complexity index is 397. The van der Waals surface area contributed by atoms with Crippen LogP contribution in [0.5, 0.6) is 5.75 Å². The first-order valence-electron chi connectivity index (χ1n) is 5.22. The Balaban J connectivity index is 2.49. The zero-order valence-electron chi connectivity index (χ0n) is 9.05. The van der Waals surface area contributed by atoms with Gasteiger partial charge >= 0.3 is 0 Å². The molecular weight excluding hydrogens is 254 g/mol. The molecule has 15 heavy (non-hydrogen) atoms. The van der Waals surface area contributed by atoms with Gasteiger partial charge in [-0.1, -0.05) is 15.9 Å². The van der Waals surface area contributed by atoms with Gasteiger partial charge in [-0.25, -0.2) is 0 Å². The van der Waals surface area contributed by atoms with E-state index in [2.05, 4.69) is 15.9 Å². The minimum Gasteiger partial charge on any atom is -0.508 e.